The lowest BCUT2D eigenvalue weighted by Crippen LogP contribution is -2.15. The molecule has 0 radical (unpaired) electrons. The zero-order valence-electron chi connectivity index (χ0n) is 14.8. The zero-order valence-corrected chi connectivity index (χ0v) is 14.8. The van der Waals surface area contributed by atoms with Crippen LogP contribution in [0.15, 0.2) is 48.8 Å². The third-order valence-corrected chi connectivity index (χ3v) is 4.26. The first-order chi connectivity index (χ1) is 13.8. The number of anilines is 1. The maximum Gasteiger partial charge on any atom is 0.162 e. The number of rotatable bonds is 4. The van der Waals surface area contributed by atoms with Crippen LogP contribution in [0.3, 0.4) is 0 Å². The summed E-state index contributed by atoms with van der Waals surface area (Å²) >= 11 is 0. The first kappa shape index (κ1) is 17.3. The topological polar surface area (TPSA) is 104 Å². The van der Waals surface area contributed by atoms with E-state index in [0.717, 1.165) is 11.1 Å². The van der Waals surface area contributed by atoms with Gasteiger partial charge in [0.05, 0.1) is 16.8 Å². The Morgan fingerprint density at radius 3 is 2.57 bits per heavy atom. The van der Waals surface area contributed by atoms with Gasteiger partial charge in [-0.15, -0.1) is 0 Å². The van der Waals surface area contributed by atoms with Gasteiger partial charge in [0.15, 0.2) is 11.5 Å². The smallest absolute Gasteiger partial charge is 0.162 e. The molecule has 0 unspecified atom stereocenters. The fourth-order valence-electron chi connectivity index (χ4n) is 2.92. The molecule has 0 spiro atoms. The molecule has 0 saturated carbocycles. The van der Waals surface area contributed by atoms with Crippen molar-refractivity contribution in [3.63, 3.8) is 0 Å². The minimum atomic E-state index is 0.307. The molecule has 4 rings (SSSR count). The number of pyridine rings is 2. The highest BCUT2D eigenvalue weighted by Gasteiger charge is 2.17. The average Bonchev–Trinajstić information content (AvgIpc) is 2.77. The monoisotopic (exact) mass is 369 g/mol. The zero-order chi connectivity index (χ0) is 19.3. The summed E-state index contributed by atoms with van der Waals surface area (Å²) in [4.78, 5) is 8.65. The molecule has 28 heavy (non-hydrogen) atoms. The molecule has 3 aromatic rings. The summed E-state index contributed by atoms with van der Waals surface area (Å²) in [6.45, 7) is 1.44. The summed E-state index contributed by atoms with van der Waals surface area (Å²) < 4.78 is 11.2. The molecule has 1 aliphatic heterocycles. The summed E-state index contributed by atoms with van der Waals surface area (Å²) in [5.74, 6) is 1.69. The van der Waals surface area contributed by atoms with Crippen LogP contribution in [0, 0.1) is 22.7 Å². The number of nitriles is 2. The van der Waals surface area contributed by atoms with Crippen LogP contribution >= 0.6 is 0 Å². The number of hydrogen-bond donors (Lipinski definition) is 1. The van der Waals surface area contributed by atoms with Gasteiger partial charge in [0.25, 0.3) is 0 Å². The fourth-order valence-corrected chi connectivity index (χ4v) is 2.92. The Bertz CT molecular complexity index is 1100. The van der Waals surface area contributed by atoms with Crippen LogP contribution < -0.4 is 14.8 Å². The molecule has 7 nitrogen and oxygen atoms in total. The lowest BCUT2D eigenvalue weighted by atomic mass is 10.0. The Labute approximate surface area is 161 Å². The number of aromatic nitrogens is 2. The van der Waals surface area contributed by atoms with E-state index >= 15 is 0 Å². The van der Waals surface area contributed by atoms with Gasteiger partial charge in [-0.2, -0.15) is 10.5 Å². The predicted molar refractivity (Wildman–Crippen MR) is 102 cm³/mol. The third-order valence-electron chi connectivity index (χ3n) is 4.26. The van der Waals surface area contributed by atoms with E-state index in [1.54, 1.807) is 30.6 Å². The largest absolute Gasteiger partial charge is 0.486 e. The van der Waals surface area contributed by atoms with E-state index in [2.05, 4.69) is 27.4 Å². The molecule has 3 heterocycles. The van der Waals surface area contributed by atoms with Crippen LogP contribution in [-0.2, 0) is 6.54 Å². The maximum atomic E-state index is 9.55. The minimum absolute atomic E-state index is 0.307. The number of fused-ring (bicyclic) bond motifs is 1. The van der Waals surface area contributed by atoms with Crippen LogP contribution in [-0.4, -0.2) is 23.2 Å². The standard InChI is InChI=1S/C21H15N5O2/c22-10-16-8-17(11-23)21(25-13-14-2-1-5-24-12-14)26-20(16)15-3-4-18-19(9-15)28-7-6-27-18/h1-5,8-9,12H,6-7,13H2,(H,25,26). The quantitative estimate of drug-likeness (QED) is 0.752. The van der Waals surface area contributed by atoms with E-state index in [9.17, 15) is 10.5 Å². The Morgan fingerprint density at radius 2 is 1.82 bits per heavy atom. The second-order valence-electron chi connectivity index (χ2n) is 6.08. The molecule has 2 aromatic heterocycles. The van der Waals surface area contributed by atoms with Crippen molar-refractivity contribution in [2.45, 2.75) is 6.54 Å². The lowest BCUT2D eigenvalue weighted by molar-refractivity contribution is 0.171. The van der Waals surface area contributed by atoms with E-state index in [4.69, 9.17) is 9.47 Å². The van der Waals surface area contributed by atoms with Gasteiger partial charge in [-0.1, -0.05) is 6.07 Å². The van der Waals surface area contributed by atoms with Crippen molar-refractivity contribution in [1.29, 1.82) is 10.5 Å². The van der Waals surface area contributed by atoms with Crippen molar-refractivity contribution in [3.8, 4) is 34.9 Å². The summed E-state index contributed by atoms with van der Waals surface area (Å²) in [6.07, 6.45) is 3.44. The van der Waals surface area contributed by atoms with E-state index in [0.29, 0.717) is 53.9 Å². The highest BCUT2D eigenvalue weighted by Crippen LogP contribution is 2.35. The number of nitrogens with zero attached hydrogens (tertiary/aromatic N) is 4. The molecule has 1 aromatic carbocycles. The number of benzene rings is 1. The van der Waals surface area contributed by atoms with Gasteiger partial charge in [0, 0.05) is 24.5 Å². The first-order valence-electron chi connectivity index (χ1n) is 8.66. The highest BCUT2D eigenvalue weighted by molar-refractivity contribution is 5.73. The molecular formula is C21H15N5O2. The number of hydrogen-bond acceptors (Lipinski definition) is 7. The molecule has 0 saturated heterocycles. The molecule has 136 valence electrons. The van der Waals surface area contributed by atoms with Crippen molar-refractivity contribution in [3.05, 3.63) is 65.5 Å². The summed E-state index contributed by atoms with van der Waals surface area (Å²) in [6, 6.07) is 15.0. The Morgan fingerprint density at radius 1 is 1.00 bits per heavy atom. The van der Waals surface area contributed by atoms with Crippen molar-refractivity contribution < 1.29 is 9.47 Å². The van der Waals surface area contributed by atoms with E-state index < -0.39 is 0 Å². The van der Waals surface area contributed by atoms with Crippen molar-refractivity contribution >= 4 is 5.82 Å². The van der Waals surface area contributed by atoms with E-state index in [-0.39, 0.29) is 0 Å². The second-order valence-corrected chi connectivity index (χ2v) is 6.08. The van der Waals surface area contributed by atoms with Gasteiger partial charge in [-0.25, -0.2) is 4.98 Å². The van der Waals surface area contributed by atoms with Gasteiger partial charge in [0.1, 0.15) is 31.2 Å². The van der Waals surface area contributed by atoms with Crippen molar-refractivity contribution in [2.24, 2.45) is 0 Å². The van der Waals surface area contributed by atoms with Crippen molar-refractivity contribution in [2.75, 3.05) is 18.5 Å². The molecule has 1 N–H and O–H groups in total. The lowest BCUT2D eigenvalue weighted by Gasteiger charge is -2.19. The van der Waals surface area contributed by atoms with Gasteiger partial charge in [0.2, 0.25) is 0 Å². The van der Waals surface area contributed by atoms with Gasteiger partial charge in [-0.3, -0.25) is 4.98 Å². The van der Waals surface area contributed by atoms with Crippen LogP contribution in [0.5, 0.6) is 11.5 Å². The molecule has 0 fully saturated rings. The van der Waals surface area contributed by atoms with Gasteiger partial charge in [-0.05, 0) is 35.9 Å². The van der Waals surface area contributed by atoms with Gasteiger partial charge < -0.3 is 14.8 Å². The minimum Gasteiger partial charge on any atom is -0.486 e. The summed E-state index contributed by atoms with van der Waals surface area (Å²) in [7, 11) is 0. The fraction of sp³-hybridized carbons (Fsp3) is 0.143. The normalized spacial score (nSPS) is 11.9. The SMILES string of the molecule is N#Cc1cc(C#N)c(-c2ccc3c(c2)OCCO3)nc1NCc1cccnc1. The van der Waals surface area contributed by atoms with E-state index in [1.165, 1.54) is 0 Å². The summed E-state index contributed by atoms with van der Waals surface area (Å²) in [5.41, 5.74) is 2.78. The number of ether oxygens (including phenoxy) is 2. The van der Waals surface area contributed by atoms with Crippen LogP contribution in [0.2, 0.25) is 0 Å². The van der Waals surface area contributed by atoms with Crippen LogP contribution in [0.25, 0.3) is 11.3 Å². The molecule has 0 amide bonds. The Hall–Kier alpha value is -4.10. The summed E-state index contributed by atoms with van der Waals surface area (Å²) in [5, 5.41) is 22.2. The number of nitrogens with one attached hydrogen (secondary N) is 1. The molecule has 7 heteroatoms. The maximum absolute atomic E-state index is 9.55. The highest BCUT2D eigenvalue weighted by atomic mass is 16.6. The van der Waals surface area contributed by atoms with Crippen molar-refractivity contribution in [1.82, 2.24) is 9.97 Å². The second kappa shape index (κ2) is 7.65. The molecule has 0 aliphatic carbocycles. The molecular weight excluding hydrogens is 354 g/mol. The van der Waals surface area contributed by atoms with Gasteiger partial charge >= 0.3 is 0 Å². The predicted octanol–water partition coefficient (Wildman–Crippen LogP) is 3.27. The molecule has 1 aliphatic rings. The Balaban J connectivity index is 1.72. The van der Waals surface area contributed by atoms with Crippen LogP contribution in [0.4, 0.5) is 5.82 Å². The Kier molecular flexibility index (Phi) is 4.73. The average molecular weight is 369 g/mol. The van der Waals surface area contributed by atoms with Crippen LogP contribution in [0.1, 0.15) is 16.7 Å². The van der Waals surface area contributed by atoms with E-state index in [1.807, 2.05) is 18.2 Å². The molecule has 0 atom stereocenters. The molecule has 0 bridgehead atoms. The third kappa shape index (κ3) is 3.42. The first-order valence-corrected chi connectivity index (χ1v) is 8.66.